The van der Waals surface area contributed by atoms with Crippen LogP contribution < -0.4 is 5.32 Å². The normalized spacial score (nSPS) is 17.7. The zero-order chi connectivity index (χ0) is 14.7. The van der Waals surface area contributed by atoms with E-state index in [1.165, 1.54) is 16.8 Å². The van der Waals surface area contributed by atoms with Gasteiger partial charge < -0.3 is 10.4 Å². The van der Waals surface area contributed by atoms with Gasteiger partial charge in [-0.25, -0.2) is 0 Å². The van der Waals surface area contributed by atoms with Gasteiger partial charge >= 0.3 is 0 Å². The summed E-state index contributed by atoms with van der Waals surface area (Å²) in [6.07, 6.45) is 7.19. The van der Waals surface area contributed by atoms with Crippen molar-refractivity contribution >= 4 is 0 Å². The molecule has 0 bridgehead atoms. The second kappa shape index (κ2) is 6.37. The van der Waals surface area contributed by atoms with Crippen LogP contribution in [0.5, 0.6) is 0 Å². The number of aryl methyl sites for hydroxylation is 1. The molecule has 21 heavy (non-hydrogen) atoms. The van der Waals surface area contributed by atoms with Crippen LogP contribution in [0.15, 0.2) is 24.5 Å². The molecule has 1 aliphatic carbocycles. The fourth-order valence-corrected chi connectivity index (χ4v) is 2.95. The van der Waals surface area contributed by atoms with Crippen LogP contribution in [-0.2, 0) is 19.5 Å². The predicted octanol–water partition coefficient (Wildman–Crippen LogP) is 1.75. The zero-order valence-corrected chi connectivity index (χ0v) is 12.4. The summed E-state index contributed by atoms with van der Waals surface area (Å²) in [5.41, 5.74) is 4.80. The van der Waals surface area contributed by atoms with Crippen molar-refractivity contribution in [2.24, 2.45) is 0 Å². The van der Waals surface area contributed by atoms with Crippen LogP contribution in [0.4, 0.5) is 0 Å². The Morgan fingerprint density at radius 1 is 1.38 bits per heavy atom. The van der Waals surface area contributed by atoms with Gasteiger partial charge in [0.1, 0.15) is 0 Å². The van der Waals surface area contributed by atoms with E-state index in [0.29, 0.717) is 12.6 Å². The summed E-state index contributed by atoms with van der Waals surface area (Å²) in [6, 6.07) is 4.50. The van der Waals surface area contributed by atoms with Gasteiger partial charge in [-0.15, -0.1) is 0 Å². The highest BCUT2D eigenvalue weighted by Crippen LogP contribution is 2.29. The number of nitrogens with zero attached hydrogens (tertiary/aromatic N) is 3. The molecule has 5 nitrogen and oxygen atoms in total. The van der Waals surface area contributed by atoms with E-state index in [1.54, 1.807) is 0 Å². The highest BCUT2D eigenvalue weighted by molar-refractivity contribution is 5.25. The lowest BCUT2D eigenvalue weighted by atomic mass is 9.93. The summed E-state index contributed by atoms with van der Waals surface area (Å²) in [7, 11) is 0. The molecule has 2 aromatic heterocycles. The van der Waals surface area contributed by atoms with Crippen LogP contribution in [0.2, 0.25) is 0 Å². The molecule has 3 rings (SSSR count). The average molecular weight is 286 g/mol. The Labute approximate surface area is 125 Å². The van der Waals surface area contributed by atoms with Crippen LogP contribution in [-0.4, -0.2) is 26.5 Å². The fourth-order valence-electron chi connectivity index (χ4n) is 2.95. The first-order chi connectivity index (χ1) is 10.3. The van der Waals surface area contributed by atoms with Crippen molar-refractivity contribution in [1.29, 1.82) is 0 Å². The maximum Gasteiger partial charge on any atom is 0.0644 e. The van der Waals surface area contributed by atoms with Gasteiger partial charge in [-0.2, -0.15) is 5.10 Å². The van der Waals surface area contributed by atoms with Gasteiger partial charge in [-0.05, 0) is 37.8 Å². The summed E-state index contributed by atoms with van der Waals surface area (Å²) in [6.45, 7) is 3.55. The van der Waals surface area contributed by atoms with Crippen molar-refractivity contribution in [2.45, 2.75) is 45.3 Å². The summed E-state index contributed by atoms with van der Waals surface area (Å²) < 4.78 is 1.94. The highest BCUT2D eigenvalue weighted by Gasteiger charge is 2.23. The first kappa shape index (κ1) is 14.2. The Balaban J connectivity index is 1.69. The smallest absolute Gasteiger partial charge is 0.0644 e. The van der Waals surface area contributed by atoms with Crippen LogP contribution in [0.25, 0.3) is 0 Å². The molecule has 0 radical (unpaired) electrons. The van der Waals surface area contributed by atoms with Gasteiger partial charge in [-0.3, -0.25) is 9.67 Å². The van der Waals surface area contributed by atoms with Crippen molar-refractivity contribution in [3.63, 3.8) is 0 Å². The lowest BCUT2D eigenvalue weighted by molar-refractivity contribution is 0.266. The standard InChI is InChI=1S/C16H22N4O/c1-12-5-6-13(17-9-12)10-18-15-3-2-4-16-14(15)11-19-20(16)7-8-21/h5-6,9,11,15,18,21H,2-4,7-8,10H2,1H3. The molecule has 2 aromatic rings. The molecule has 2 N–H and O–H groups in total. The van der Waals surface area contributed by atoms with E-state index in [-0.39, 0.29) is 6.61 Å². The third kappa shape index (κ3) is 3.14. The number of hydrogen-bond acceptors (Lipinski definition) is 4. The molecule has 1 aliphatic rings. The average Bonchev–Trinajstić information content (AvgIpc) is 2.91. The molecule has 0 spiro atoms. The molecule has 0 saturated carbocycles. The van der Waals surface area contributed by atoms with Gasteiger partial charge in [0.15, 0.2) is 0 Å². The lowest BCUT2D eigenvalue weighted by Gasteiger charge is -2.24. The summed E-state index contributed by atoms with van der Waals surface area (Å²) in [4.78, 5) is 4.44. The molecule has 0 saturated heterocycles. The second-order valence-corrected chi connectivity index (χ2v) is 5.65. The maximum absolute atomic E-state index is 9.10. The van der Waals surface area contributed by atoms with E-state index in [9.17, 15) is 0 Å². The van der Waals surface area contributed by atoms with Gasteiger partial charge in [-0.1, -0.05) is 6.07 Å². The SMILES string of the molecule is Cc1ccc(CNC2CCCc3c2cnn3CCO)nc1. The van der Waals surface area contributed by atoms with E-state index < -0.39 is 0 Å². The molecule has 0 aromatic carbocycles. The van der Waals surface area contributed by atoms with Crippen LogP contribution in [0.3, 0.4) is 0 Å². The molecule has 2 heterocycles. The number of pyridine rings is 1. The third-order valence-electron chi connectivity index (χ3n) is 4.08. The van der Waals surface area contributed by atoms with Crippen LogP contribution in [0, 0.1) is 6.92 Å². The molecule has 5 heteroatoms. The van der Waals surface area contributed by atoms with Crippen LogP contribution in [0.1, 0.15) is 41.4 Å². The molecule has 1 atom stereocenters. The Bertz CT molecular complexity index is 591. The minimum absolute atomic E-state index is 0.138. The molecule has 112 valence electrons. The second-order valence-electron chi connectivity index (χ2n) is 5.65. The third-order valence-corrected chi connectivity index (χ3v) is 4.08. The van der Waals surface area contributed by atoms with Gasteiger partial charge in [0.25, 0.3) is 0 Å². The van der Waals surface area contributed by atoms with Gasteiger partial charge in [0.2, 0.25) is 0 Å². The Morgan fingerprint density at radius 2 is 2.29 bits per heavy atom. The van der Waals surface area contributed by atoms with Crippen molar-refractivity contribution in [3.8, 4) is 0 Å². The number of hydrogen-bond donors (Lipinski definition) is 2. The fraction of sp³-hybridized carbons (Fsp3) is 0.500. The number of aliphatic hydroxyl groups is 1. The van der Waals surface area contributed by atoms with E-state index in [0.717, 1.165) is 31.5 Å². The summed E-state index contributed by atoms with van der Waals surface area (Å²) in [5.74, 6) is 0. The quantitative estimate of drug-likeness (QED) is 0.879. The number of aliphatic hydroxyl groups excluding tert-OH is 1. The monoisotopic (exact) mass is 286 g/mol. The van der Waals surface area contributed by atoms with Crippen LogP contribution >= 0.6 is 0 Å². The minimum atomic E-state index is 0.138. The molecular weight excluding hydrogens is 264 g/mol. The zero-order valence-electron chi connectivity index (χ0n) is 12.4. The summed E-state index contributed by atoms with van der Waals surface area (Å²) >= 11 is 0. The number of nitrogens with one attached hydrogen (secondary N) is 1. The largest absolute Gasteiger partial charge is 0.394 e. The first-order valence-corrected chi connectivity index (χ1v) is 7.58. The van der Waals surface area contributed by atoms with Crippen molar-refractivity contribution in [3.05, 3.63) is 47.0 Å². The minimum Gasteiger partial charge on any atom is -0.394 e. The van der Waals surface area contributed by atoms with Gasteiger partial charge in [0, 0.05) is 30.0 Å². The molecule has 0 fully saturated rings. The number of rotatable bonds is 5. The van der Waals surface area contributed by atoms with Crippen molar-refractivity contribution in [2.75, 3.05) is 6.61 Å². The summed E-state index contributed by atoms with van der Waals surface area (Å²) in [5, 5.41) is 17.1. The van der Waals surface area contributed by atoms with E-state index >= 15 is 0 Å². The number of fused-ring (bicyclic) bond motifs is 1. The van der Waals surface area contributed by atoms with E-state index in [1.807, 2.05) is 24.0 Å². The lowest BCUT2D eigenvalue weighted by Crippen LogP contribution is -2.25. The Morgan fingerprint density at radius 3 is 3.05 bits per heavy atom. The van der Waals surface area contributed by atoms with Crippen molar-refractivity contribution in [1.82, 2.24) is 20.1 Å². The van der Waals surface area contributed by atoms with Crippen molar-refractivity contribution < 1.29 is 5.11 Å². The first-order valence-electron chi connectivity index (χ1n) is 7.58. The molecule has 0 amide bonds. The highest BCUT2D eigenvalue weighted by atomic mass is 16.3. The van der Waals surface area contributed by atoms with E-state index in [4.69, 9.17) is 5.11 Å². The molecule has 1 unspecified atom stereocenters. The topological polar surface area (TPSA) is 63.0 Å². The van der Waals surface area contributed by atoms with Gasteiger partial charge in [0.05, 0.1) is 25.0 Å². The number of aromatic nitrogens is 3. The predicted molar refractivity (Wildman–Crippen MR) is 80.8 cm³/mol. The molecular formula is C16H22N4O. The van der Waals surface area contributed by atoms with E-state index in [2.05, 4.69) is 27.5 Å². The molecule has 0 aliphatic heterocycles. The Kier molecular flexibility index (Phi) is 4.31. The Hall–Kier alpha value is -1.72. The maximum atomic E-state index is 9.10.